The molecule has 0 unspecified atom stereocenters. The van der Waals surface area contributed by atoms with E-state index in [4.69, 9.17) is 0 Å². The molecule has 0 saturated carbocycles. The summed E-state index contributed by atoms with van der Waals surface area (Å²) >= 11 is 0. The molecule has 2 aliphatic heterocycles. The molecule has 1 heteroatoms. The van der Waals surface area contributed by atoms with Gasteiger partial charge < -0.3 is 0 Å². The van der Waals surface area contributed by atoms with E-state index < -0.39 is 8.07 Å². The third-order valence-electron chi connectivity index (χ3n) is 6.69. The molecule has 0 nitrogen and oxygen atoms in total. The molecule has 28 heavy (non-hydrogen) atoms. The normalized spacial score (nSPS) is 14.7. The third-order valence-corrected chi connectivity index (χ3v) is 11.7. The van der Waals surface area contributed by atoms with E-state index in [9.17, 15) is 0 Å². The topological polar surface area (TPSA) is 0 Å². The second-order valence-electron chi connectivity index (χ2n) is 8.35. The summed E-state index contributed by atoms with van der Waals surface area (Å²) in [5, 5.41) is 6.23. The maximum absolute atomic E-state index is 2.46. The SMILES string of the molecule is CC(C)c1ccc2c(c1)-c1ccccc1[Si]21c2ccccc2-c2ccccc21. The van der Waals surface area contributed by atoms with Gasteiger partial charge in [0.15, 0.2) is 8.07 Å². The fraction of sp³-hybridized carbons (Fsp3) is 0.111. The van der Waals surface area contributed by atoms with Crippen LogP contribution in [0.3, 0.4) is 0 Å². The van der Waals surface area contributed by atoms with E-state index in [2.05, 4.69) is 105 Å². The lowest BCUT2D eigenvalue weighted by Crippen LogP contribution is -2.70. The zero-order valence-electron chi connectivity index (χ0n) is 16.2. The molecule has 0 radical (unpaired) electrons. The first-order valence-electron chi connectivity index (χ1n) is 10.2. The Bertz CT molecular complexity index is 1200. The summed E-state index contributed by atoms with van der Waals surface area (Å²) in [4.78, 5) is 0. The van der Waals surface area contributed by atoms with Crippen molar-refractivity contribution < 1.29 is 0 Å². The molecule has 0 N–H and O–H groups in total. The molecule has 0 aromatic heterocycles. The van der Waals surface area contributed by atoms with Crippen LogP contribution in [-0.2, 0) is 0 Å². The average Bonchev–Trinajstić information content (AvgIpc) is 3.21. The van der Waals surface area contributed by atoms with E-state index in [-0.39, 0.29) is 0 Å². The standard InChI is InChI=1S/C27H22Si/c1-18(2)19-15-16-27-23(17-19)22-11-5-8-14-26(22)28(27)24-12-6-3-9-20(24)21-10-4-7-13-25(21)28/h3-18H,1-2H3. The zero-order valence-corrected chi connectivity index (χ0v) is 17.2. The van der Waals surface area contributed by atoms with Crippen LogP contribution in [0.2, 0.25) is 0 Å². The Labute approximate surface area is 167 Å². The van der Waals surface area contributed by atoms with Gasteiger partial charge in [0.1, 0.15) is 0 Å². The van der Waals surface area contributed by atoms with Crippen molar-refractivity contribution in [2.75, 3.05) is 0 Å². The van der Waals surface area contributed by atoms with Gasteiger partial charge in [-0.15, -0.1) is 0 Å². The van der Waals surface area contributed by atoms with Crippen LogP contribution in [0.15, 0.2) is 91.0 Å². The van der Waals surface area contributed by atoms with Crippen molar-refractivity contribution in [3.05, 3.63) is 96.6 Å². The minimum Gasteiger partial charge on any atom is -0.0623 e. The molecule has 2 heterocycles. The smallest absolute Gasteiger partial charge is 0.0623 e. The zero-order chi connectivity index (χ0) is 18.9. The van der Waals surface area contributed by atoms with Crippen LogP contribution < -0.4 is 20.7 Å². The highest BCUT2D eigenvalue weighted by Crippen LogP contribution is 2.36. The molecule has 134 valence electrons. The van der Waals surface area contributed by atoms with Crippen LogP contribution in [0.5, 0.6) is 0 Å². The maximum Gasteiger partial charge on any atom is 0.182 e. The Morgan fingerprint density at radius 3 is 1.43 bits per heavy atom. The second-order valence-corrected chi connectivity index (χ2v) is 12.0. The first-order chi connectivity index (χ1) is 13.7. The summed E-state index contributed by atoms with van der Waals surface area (Å²) in [6, 6.07) is 34.7. The number of rotatable bonds is 1. The van der Waals surface area contributed by atoms with Gasteiger partial charge in [-0.2, -0.15) is 0 Å². The van der Waals surface area contributed by atoms with Crippen LogP contribution in [0.4, 0.5) is 0 Å². The van der Waals surface area contributed by atoms with Gasteiger partial charge in [0.2, 0.25) is 0 Å². The van der Waals surface area contributed by atoms with Crippen molar-refractivity contribution in [1.29, 1.82) is 0 Å². The van der Waals surface area contributed by atoms with E-state index in [0.29, 0.717) is 5.92 Å². The molecular weight excluding hydrogens is 352 g/mol. The van der Waals surface area contributed by atoms with Crippen LogP contribution >= 0.6 is 0 Å². The minimum atomic E-state index is -2.21. The maximum atomic E-state index is 2.46. The minimum absolute atomic E-state index is 0.541. The van der Waals surface area contributed by atoms with Gasteiger partial charge in [-0.05, 0) is 54.5 Å². The van der Waals surface area contributed by atoms with Crippen molar-refractivity contribution in [1.82, 2.24) is 0 Å². The van der Waals surface area contributed by atoms with E-state index in [1.165, 1.54) is 27.8 Å². The highest BCUT2D eigenvalue weighted by atomic mass is 28.3. The fourth-order valence-electron chi connectivity index (χ4n) is 5.48. The summed E-state index contributed by atoms with van der Waals surface area (Å²) in [5.74, 6) is 0.541. The van der Waals surface area contributed by atoms with Gasteiger partial charge in [0.05, 0.1) is 0 Å². The summed E-state index contributed by atoms with van der Waals surface area (Å²) in [5.41, 5.74) is 7.19. The van der Waals surface area contributed by atoms with Crippen LogP contribution in [-0.4, -0.2) is 8.07 Å². The van der Waals surface area contributed by atoms with E-state index in [1.807, 2.05) is 0 Å². The van der Waals surface area contributed by atoms with Gasteiger partial charge >= 0.3 is 0 Å². The molecule has 4 aromatic carbocycles. The predicted molar refractivity (Wildman–Crippen MR) is 122 cm³/mol. The highest BCUT2D eigenvalue weighted by molar-refractivity contribution is 7.24. The average molecular weight is 375 g/mol. The van der Waals surface area contributed by atoms with Gasteiger partial charge in [-0.25, -0.2) is 0 Å². The lowest BCUT2D eigenvalue weighted by molar-refractivity contribution is 0.868. The quantitative estimate of drug-likeness (QED) is 0.379. The fourth-order valence-corrected chi connectivity index (χ4v) is 11.1. The van der Waals surface area contributed by atoms with E-state index in [1.54, 1.807) is 20.7 Å². The number of hydrogen-bond donors (Lipinski definition) is 0. The number of benzene rings is 4. The van der Waals surface area contributed by atoms with E-state index in [0.717, 1.165) is 0 Å². The molecule has 0 atom stereocenters. The Morgan fingerprint density at radius 2 is 0.929 bits per heavy atom. The van der Waals surface area contributed by atoms with Crippen molar-refractivity contribution in [3.63, 3.8) is 0 Å². The van der Waals surface area contributed by atoms with Crippen LogP contribution in [0.1, 0.15) is 25.3 Å². The number of hydrogen-bond acceptors (Lipinski definition) is 0. The second kappa shape index (κ2) is 5.56. The first-order valence-corrected chi connectivity index (χ1v) is 12.2. The third kappa shape index (κ3) is 1.80. The van der Waals surface area contributed by atoms with Crippen molar-refractivity contribution in [3.8, 4) is 22.3 Å². The van der Waals surface area contributed by atoms with Crippen molar-refractivity contribution >= 4 is 28.8 Å². The summed E-state index contributed by atoms with van der Waals surface area (Å²) in [6.07, 6.45) is 0. The molecule has 1 spiro atoms. The van der Waals surface area contributed by atoms with Gasteiger partial charge in [0.25, 0.3) is 0 Å². The molecule has 6 rings (SSSR count). The van der Waals surface area contributed by atoms with Crippen molar-refractivity contribution in [2.45, 2.75) is 19.8 Å². The Balaban J connectivity index is 1.81. The van der Waals surface area contributed by atoms with Crippen LogP contribution in [0, 0.1) is 0 Å². The molecule has 0 aliphatic carbocycles. The molecule has 0 saturated heterocycles. The summed E-state index contributed by atoms with van der Waals surface area (Å²) in [7, 11) is -2.21. The number of fused-ring (bicyclic) bond motifs is 10. The van der Waals surface area contributed by atoms with Gasteiger partial charge in [-0.1, -0.05) is 105 Å². The van der Waals surface area contributed by atoms with Crippen molar-refractivity contribution in [2.24, 2.45) is 0 Å². The monoisotopic (exact) mass is 374 g/mol. The molecular formula is C27H22Si. The lowest BCUT2D eigenvalue weighted by Gasteiger charge is -2.27. The molecule has 4 aromatic rings. The Kier molecular flexibility index (Phi) is 3.19. The highest BCUT2D eigenvalue weighted by Gasteiger charge is 2.53. The molecule has 0 fully saturated rings. The van der Waals surface area contributed by atoms with Crippen LogP contribution in [0.25, 0.3) is 22.3 Å². The summed E-state index contributed by atoms with van der Waals surface area (Å²) in [6.45, 7) is 4.58. The molecule has 0 amide bonds. The van der Waals surface area contributed by atoms with Gasteiger partial charge in [-0.3, -0.25) is 0 Å². The summed E-state index contributed by atoms with van der Waals surface area (Å²) < 4.78 is 0. The predicted octanol–water partition coefficient (Wildman–Crippen LogP) is 4.15. The van der Waals surface area contributed by atoms with E-state index >= 15 is 0 Å². The Hall–Kier alpha value is -2.90. The van der Waals surface area contributed by atoms with Gasteiger partial charge in [0, 0.05) is 0 Å². The largest absolute Gasteiger partial charge is 0.182 e. The first kappa shape index (κ1) is 16.1. The molecule has 0 bridgehead atoms. The lowest BCUT2D eigenvalue weighted by atomic mass is 9.97. The molecule has 2 aliphatic rings. The Morgan fingerprint density at radius 1 is 0.500 bits per heavy atom.